The number of carbonyl (C=O) groups excluding carboxylic acids is 2. The summed E-state index contributed by atoms with van der Waals surface area (Å²) >= 11 is 6.06. The number of Topliss-reactive ketones (excluding diaryl/α,β-unsaturated/α-hetero) is 1. The van der Waals surface area contributed by atoms with E-state index in [1.807, 2.05) is 30.3 Å². The molecule has 1 unspecified atom stereocenters. The highest BCUT2D eigenvalue weighted by molar-refractivity contribution is 6.30. The Morgan fingerprint density at radius 1 is 1.16 bits per heavy atom. The molecular formula is C22H23ClO2. The van der Waals surface area contributed by atoms with Crippen molar-refractivity contribution in [3.63, 3.8) is 0 Å². The molecular weight excluding hydrogens is 332 g/mol. The SMILES string of the molecule is O=CCCc1ccc(C(=O)CCCC2CCc3cc(Cl)ccc32)cc1. The van der Waals surface area contributed by atoms with Crippen molar-refractivity contribution in [2.45, 2.75) is 50.9 Å². The normalized spacial score (nSPS) is 15.8. The second kappa shape index (κ2) is 8.44. The van der Waals surface area contributed by atoms with E-state index in [-0.39, 0.29) is 5.78 Å². The maximum absolute atomic E-state index is 12.4. The highest BCUT2D eigenvalue weighted by Crippen LogP contribution is 2.37. The van der Waals surface area contributed by atoms with Crippen molar-refractivity contribution < 1.29 is 9.59 Å². The van der Waals surface area contributed by atoms with Crippen molar-refractivity contribution in [1.82, 2.24) is 0 Å². The molecule has 1 aliphatic rings. The van der Waals surface area contributed by atoms with Crippen molar-refractivity contribution in [2.24, 2.45) is 0 Å². The summed E-state index contributed by atoms with van der Waals surface area (Å²) in [6.45, 7) is 0. The maximum atomic E-state index is 12.4. The molecule has 0 bridgehead atoms. The van der Waals surface area contributed by atoms with Crippen LogP contribution in [0.2, 0.25) is 5.02 Å². The van der Waals surface area contributed by atoms with E-state index in [4.69, 9.17) is 11.6 Å². The van der Waals surface area contributed by atoms with Crippen molar-refractivity contribution >= 4 is 23.7 Å². The zero-order valence-corrected chi connectivity index (χ0v) is 15.1. The van der Waals surface area contributed by atoms with Gasteiger partial charge in [-0.1, -0.05) is 41.9 Å². The fourth-order valence-electron chi connectivity index (χ4n) is 3.71. The number of rotatable bonds is 8. The van der Waals surface area contributed by atoms with Gasteiger partial charge in [-0.05, 0) is 66.8 Å². The van der Waals surface area contributed by atoms with Crippen LogP contribution in [-0.2, 0) is 17.6 Å². The van der Waals surface area contributed by atoms with Gasteiger partial charge in [-0.15, -0.1) is 0 Å². The van der Waals surface area contributed by atoms with Gasteiger partial charge in [-0.3, -0.25) is 4.79 Å². The van der Waals surface area contributed by atoms with Crippen LogP contribution in [0, 0.1) is 0 Å². The number of fused-ring (bicyclic) bond motifs is 1. The number of hydrogen-bond donors (Lipinski definition) is 0. The quantitative estimate of drug-likeness (QED) is 0.459. The number of aldehydes is 1. The molecule has 3 rings (SSSR count). The molecule has 0 N–H and O–H groups in total. The summed E-state index contributed by atoms with van der Waals surface area (Å²) in [6.07, 6.45) is 7.01. The molecule has 2 aromatic carbocycles. The van der Waals surface area contributed by atoms with Crippen LogP contribution in [0.4, 0.5) is 0 Å². The van der Waals surface area contributed by atoms with Crippen LogP contribution in [0.1, 0.15) is 65.1 Å². The van der Waals surface area contributed by atoms with Gasteiger partial charge in [-0.2, -0.15) is 0 Å². The van der Waals surface area contributed by atoms with Crippen molar-refractivity contribution in [3.05, 3.63) is 69.7 Å². The Labute approximate surface area is 154 Å². The molecule has 0 heterocycles. The first kappa shape index (κ1) is 17.9. The summed E-state index contributed by atoms with van der Waals surface area (Å²) in [5.41, 5.74) is 4.66. The predicted octanol–water partition coefficient (Wildman–Crippen LogP) is 5.55. The first-order valence-corrected chi connectivity index (χ1v) is 9.39. The molecule has 130 valence electrons. The number of carbonyl (C=O) groups is 2. The molecule has 0 saturated carbocycles. The average molecular weight is 355 g/mol. The van der Waals surface area contributed by atoms with Crippen LogP contribution in [-0.4, -0.2) is 12.1 Å². The Hall–Kier alpha value is -1.93. The second-order valence-corrected chi connectivity index (χ2v) is 7.23. The van der Waals surface area contributed by atoms with Crippen LogP contribution < -0.4 is 0 Å². The topological polar surface area (TPSA) is 34.1 Å². The molecule has 0 fully saturated rings. The Bertz CT molecular complexity index is 749. The third-order valence-corrected chi connectivity index (χ3v) is 5.33. The lowest BCUT2D eigenvalue weighted by molar-refractivity contribution is -0.107. The molecule has 0 saturated heterocycles. The fraction of sp³-hybridized carbons (Fsp3) is 0.364. The van der Waals surface area contributed by atoms with E-state index in [0.29, 0.717) is 18.8 Å². The molecule has 0 spiro atoms. The number of aryl methyl sites for hydroxylation is 2. The summed E-state index contributed by atoms with van der Waals surface area (Å²) < 4.78 is 0. The van der Waals surface area contributed by atoms with Gasteiger partial charge in [0.1, 0.15) is 6.29 Å². The van der Waals surface area contributed by atoms with Crippen molar-refractivity contribution in [2.75, 3.05) is 0 Å². The molecule has 0 aromatic heterocycles. The standard InChI is InChI=1S/C22H23ClO2/c23-20-12-13-21-17(10-11-19(21)15-20)4-1-5-22(25)18-8-6-16(7-9-18)3-2-14-24/h6-9,12-15,17H,1-5,10-11H2. The molecule has 3 heteroatoms. The van der Waals surface area contributed by atoms with Crippen LogP contribution >= 0.6 is 11.6 Å². The van der Waals surface area contributed by atoms with Crippen LogP contribution in [0.5, 0.6) is 0 Å². The van der Waals surface area contributed by atoms with Gasteiger partial charge in [0.2, 0.25) is 0 Å². The lowest BCUT2D eigenvalue weighted by atomic mass is 9.94. The van der Waals surface area contributed by atoms with Gasteiger partial charge in [0.15, 0.2) is 5.78 Å². The largest absolute Gasteiger partial charge is 0.303 e. The summed E-state index contributed by atoms with van der Waals surface area (Å²) in [7, 11) is 0. The third-order valence-electron chi connectivity index (χ3n) is 5.09. The molecule has 1 atom stereocenters. The minimum absolute atomic E-state index is 0.205. The lowest BCUT2D eigenvalue weighted by Crippen LogP contribution is -2.01. The van der Waals surface area contributed by atoms with E-state index < -0.39 is 0 Å². The number of hydrogen-bond acceptors (Lipinski definition) is 2. The molecule has 0 aliphatic heterocycles. The minimum atomic E-state index is 0.205. The molecule has 2 aromatic rings. The second-order valence-electron chi connectivity index (χ2n) is 6.80. The van der Waals surface area contributed by atoms with Crippen LogP contribution in [0.25, 0.3) is 0 Å². The Kier molecular flexibility index (Phi) is 6.04. The van der Waals surface area contributed by atoms with Gasteiger partial charge in [0.25, 0.3) is 0 Å². The molecule has 0 amide bonds. The van der Waals surface area contributed by atoms with Gasteiger partial charge in [0.05, 0.1) is 0 Å². The highest BCUT2D eigenvalue weighted by Gasteiger charge is 2.22. The maximum Gasteiger partial charge on any atom is 0.162 e. The number of ketones is 1. The van der Waals surface area contributed by atoms with Crippen molar-refractivity contribution in [1.29, 1.82) is 0 Å². The molecule has 0 radical (unpaired) electrons. The van der Waals surface area contributed by atoms with E-state index in [1.165, 1.54) is 11.1 Å². The first-order valence-electron chi connectivity index (χ1n) is 9.01. The zero-order chi connectivity index (χ0) is 17.6. The zero-order valence-electron chi connectivity index (χ0n) is 14.3. The minimum Gasteiger partial charge on any atom is -0.303 e. The van der Waals surface area contributed by atoms with Gasteiger partial charge in [-0.25, -0.2) is 0 Å². The van der Waals surface area contributed by atoms with Gasteiger partial charge in [0, 0.05) is 23.4 Å². The predicted molar refractivity (Wildman–Crippen MR) is 102 cm³/mol. The summed E-state index contributed by atoms with van der Waals surface area (Å²) in [6, 6.07) is 13.9. The van der Waals surface area contributed by atoms with E-state index in [9.17, 15) is 9.59 Å². The van der Waals surface area contributed by atoms with Crippen LogP contribution in [0.15, 0.2) is 42.5 Å². The van der Waals surface area contributed by atoms with E-state index in [0.717, 1.165) is 54.5 Å². The molecule has 2 nitrogen and oxygen atoms in total. The summed E-state index contributed by atoms with van der Waals surface area (Å²) in [5.74, 6) is 0.766. The van der Waals surface area contributed by atoms with Gasteiger partial charge < -0.3 is 4.79 Å². The van der Waals surface area contributed by atoms with Gasteiger partial charge >= 0.3 is 0 Å². The highest BCUT2D eigenvalue weighted by atomic mass is 35.5. The Balaban J connectivity index is 1.49. The van der Waals surface area contributed by atoms with Crippen LogP contribution in [0.3, 0.4) is 0 Å². The Morgan fingerprint density at radius 2 is 1.96 bits per heavy atom. The number of benzene rings is 2. The first-order chi connectivity index (χ1) is 12.2. The number of halogens is 1. The summed E-state index contributed by atoms with van der Waals surface area (Å²) in [4.78, 5) is 22.8. The Morgan fingerprint density at radius 3 is 2.72 bits per heavy atom. The third kappa shape index (κ3) is 4.58. The average Bonchev–Trinajstić information content (AvgIpc) is 3.02. The van der Waals surface area contributed by atoms with E-state index in [2.05, 4.69) is 12.1 Å². The van der Waals surface area contributed by atoms with E-state index in [1.54, 1.807) is 0 Å². The lowest BCUT2D eigenvalue weighted by Gasteiger charge is -2.11. The molecule has 25 heavy (non-hydrogen) atoms. The summed E-state index contributed by atoms with van der Waals surface area (Å²) in [5, 5.41) is 0.811. The molecule has 1 aliphatic carbocycles. The van der Waals surface area contributed by atoms with E-state index >= 15 is 0 Å². The fourth-order valence-corrected chi connectivity index (χ4v) is 3.91. The smallest absolute Gasteiger partial charge is 0.162 e. The van der Waals surface area contributed by atoms with Crippen molar-refractivity contribution in [3.8, 4) is 0 Å². The monoisotopic (exact) mass is 354 g/mol.